The summed E-state index contributed by atoms with van der Waals surface area (Å²) in [7, 11) is -10.0. The van der Waals surface area contributed by atoms with Crippen LogP contribution in [0.15, 0.2) is 94.8 Å². The summed E-state index contributed by atoms with van der Waals surface area (Å²) in [6, 6.07) is 7.21. The van der Waals surface area contributed by atoms with Crippen molar-refractivity contribution in [2.75, 3.05) is 26.4 Å². The Kier molecular flexibility index (Phi) is 63.2. The van der Waals surface area contributed by atoms with E-state index in [9.17, 15) is 45.1 Å². The van der Waals surface area contributed by atoms with Crippen molar-refractivity contribution in [2.45, 2.75) is 346 Å². The van der Waals surface area contributed by atoms with Crippen molar-refractivity contribution in [3.8, 4) is 0 Å². The third-order valence-corrected chi connectivity index (χ3v) is 18.8. The Hall–Kier alpha value is -3.64. The fraction of sp³-hybridized carbons (Fsp3) is 0.700. The van der Waals surface area contributed by atoms with Gasteiger partial charge >= 0.3 is 61.6 Å². The van der Waals surface area contributed by atoms with Gasteiger partial charge in [0.2, 0.25) is 0 Å². The van der Waals surface area contributed by atoms with E-state index in [1.54, 1.807) is 0 Å². The van der Waals surface area contributed by atoms with Crippen LogP contribution in [0.2, 0.25) is 0 Å². The number of hydrogen-bond donors (Lipinski definition) is 0. The zero-order valence-electron chi connectivity index (χ0n) is 61.1. The van der Waals surface area contributed by atoms with E-state index >= 15 is 0 Å². The maximum atomic E-state index is 12.9. The van der Waals surface area contributed by atoms with Crippen LogP contribution >= 0.6 is 0 Å². The molecular weight excluding hydrogens is 1290 g/mol. The Morgan fingerprint density at radius 1 is 0.289 bits per heavy atom. The minimum Gasteiger partial charge on any atom is -0.744 e. The van der Waals surface area contributed by atoms with Crippen LogP contribution in [-0.4, -0.2) is 114 Å². The van der Waals surface area contributed by atoms with Crippen LogP contribution in [0, 0.1) is 0 Å². The summed E-state index contributed by atoms with van der Waals surface area (Å²) in [4.78, 5) is 50.1. The molecule has 0 radical (unpaired) electrons. The third kappa shape index (κ3) is 52.1. The fourth-order valence-corrected chi connectivity index (χ4v) is 12.8. The van der Waals surface area contributed by atoms with Crippen LogP contribution in [0.4, 0.5) is 0 Å². The van der Waals surface area contributed by atoms with Crippen molar-refractivity contribution in [1.82, 2.24) is 0 Å². The van der Waals surface area contributed by atoms with Gasteiger partial charge in [-0.15, -0.1) is 0 Å². The Balaban J connectivity index is 0.00000188. The minimum absolute atomic E-state index is 0. The number of ether oxygens (including phenoxy) is 4. The molecule has 0 aliphatic carbocycles. The molecule has 0 amide bonds. The van der Waals surface area contributed by atoms with Crippen molar-refractivity contribution < 1.29 is 64.1 Å². The van der Waals surface area contributed by atoms with Gasteiger partial charge in [0.15, 0.2) is 0 Å². The summed E-state index contributed by atoms with van der Waals surface area (Å²) in [5.74, 6) is -3.64. The normalized spacial score (nSPS) is 11.8. The molecule has 14 nitrogen and oxygen atoms in total. The van der Waals surface area contributed by atoms with Crippen LogP contribution in [0.25, 0.3) is 0 Å². The van der Waals surface area contributed by atoms with Gasteiger partial charge in [0.25, 0.3) is 0 Å². The van der Waals surface area contributed by atoms with Crippen molar-refractivity contribution >= 4 is 81.9 Å². The number of esters is 4. The zero-order valence-corrected chi connectivity index (χ0v) is 64.9. The largest absolute Gasteiger partial charge is 2.00 e. The smallest absolute Gasteiger partial charge is 0.744 e. The molecule has 2 rings (SSSR count). The SMILES string of the molecule is CC/C=C/CCCCCCCCCCCCOC(=O)c1cccc(S(=O)(=O)[O-])c1C(=O)OCCCCCCCCCCCC/C=C/CC.CC/C=C/CCCCCCCCCCCCOC(=O)c1cccc(S(=O)(=O)[O-])c1C(=O)OCCCCCCCCCCCC/C=C/CC.[Ca+2]. The predicted octanol–water partition coefficient (Wildman–Crippen LogP) is 22.5. The first-order valence-electron chi connectivity index (χ1n) is 38.1. The molecule has 0 aromatic heterocycles. The molecule has 0 bridgehead atoms. The molecule has 0 atom stereocenters. The molecule has 0 aliphatic heterocycles. The summed E-state index contributed by atoms with van der Waals surface area (Å²) < 4.78 is 93.0. The predicted molar refractivity (Wildman–Crippen MR) is 397 cm³/mol. The van der Waals surface area contributed by atoms with Gasteiger partial charge in [-0.05, 0) is 127 Å². The Bertz CT molecular complexity index is 2470. The van der Waals surface area contributed by atoms with Crippen LogP contribution in [-0.2, 0) is 39.2 Å². The standard InChI is InChI=1S/2C40H66O7S.Ca/c2*1-3-5-7-9-11-13-15-17-19-21-23-25-27-29-34-46-39(41)36-32-31-33-37(48(43,44)45)38(36)40(42)47-35-30-28-26-24-22-20-18-16-14-12-10-8-6-4-2;/h2*5-8,31-33H,3-4,9-30,34-35H2,1-2H3,(H,43,44,45);/q;;+2/p-2/b2*7-5+,8-6+;. The summed E-state index contributed by atoms with van der Waals surface area (Å²) in [5.41, 5.74) is -1.57. The number of carbonyl (C=O) groups is 4. The molecule has 97 heavy (non-hydrogen) atoms. The van der Waals surface area contributed by atoms with Gasteiger partial charge in [0, 0.05) is 0 Å². The van der Waals surface area contributed by atoms with E-state index in [0.29, 0.717) is 25.7 Å². The maximum Gasteiger partial charge on any atom is 2.00 e. The van der Waals surface area contributed by atoms with E-state index in [0.717, 1.165) is 115 Å². The van der Waals surface area contributed by atoms with E-state index < -0.39 is 65.0 Å². The number of rotatable bonds is 62. The molecule has 0 heterocycles. The van der Waals surface area contributed by atoms with E-state index in [4.69, 9.17) is 18.9 Å². The van der Waals surface area contributed by atoms with E-state index in [2.05, 4.69) is 76.3 Å². The minimum atomic E-state index is -5.01. The number of unbranched alkanes of at least 4 members (excludes halogenated alkanes) is 40. The molecule has 2 aromatic carbocycles. The van der Waals surface area contributed by atoms with Crippen LogP contribution in [0.3, 0.4) is 0 Å². The molecule has 0 unspecified atom stereocenters. The number of allylic oxidation sites excluding steroid dienone is 8. The van der Waals surface area contributed by atoms with Gasteiger partial charge < -0.3 is 28.1 Å². The second-order valence-electron chi connectivity index (χ2n) is 25.6. The van der Waals surface area contributed by atoms with Gasteiger partial charge in [0.1, 0.15) is 20.2 Å². The fourth-order valence-electron chi connectivity index (χ4n) is 11.5. The summed E-state index contributed by atoms with van der Waals surface area (Å²) >= 11 is 0. The first kappa shape index (κ1) is 93.4. The van der Waals surface area contributed by atoms with Crippen molar-refractivity contribution in [2.24, 2.45) is 0 Å². The number of hydrogen-bond acceptors (Lipinski definition) is 14. The first-order valence-corrected chi connectivity index (χ1v) is 40.9. The van der Waals surface area contributed by atoms with E-state index in [-0.39, 0.29) is 75.3 Å². The molecule has 0 spiro atoms. The second kappa shape index (κ2) is 65.7. The summed E-state index contributed by atoms with van der Waals surface area (Å²) in [5, 5.41) is 0. The van der Waals surface area contributed by atoms with Crippen molar-refractivity contribution in [3.63, 3.8) is 0 Å². The van der Waals surface area contributed by atoms with Crippen LogP contribution < -0.4 is 0 Å². The molecule has 0 saturated heterocycles. The molecular formula is C80H130CaO14S2. The number of carbonyl (C=O) groups excluding carboxylic acids is 4. The molecule has 17 heteroatoms. The van der Waals surface area contributed by atoms with Gasteiger partial charge in [-0.2, -0.15) is 0 Å². The maximum absolute atomic E-state index is 12.9. The molecule has 0 saturated carbocycles. The molecule has 0 aliphatic rings. The van der Waals surface area contributed by atoms with E-state index in [1.807, 2.05) is 0 Å². The van der Waals surface area contributed by atoms with E-state index in [1.165, 1.54) is 204 Å². The molecule has 0 fully saturated rings. The molecule has 2 aromatic rings. The molecule has 0 N–H and O–H groups in total. The van der Waals surface area contributed by atoms with Gasteiger partial charge in [-0.25, -0.2) is 36.0 Å². The van der Waals surface area contributed by atoms with Gasteiger partial charge in [0.05, 0.1) is 58.5 Å². The van der Waals surface area contributed by atoms with Crippen molar-refractivity contribution in [1.29, 1.82) is 0 Å². The number of benzene rings is 2. The Labute approximate surface area is 620 Å². The quantitative estimate of drug-likeness (QED) is 0.0150. The third-order valence-electron chi connectivity index (χ3n) is 17.0. The monoisotopic (exact) mass is 1420 g/mol. The van der Waals surface area contributed by atoms with Gasteiger partial charge in [-0.3, -0.25) is 0 Å². The summed E-state index contributed by atoms with van der Waals surface area (Å²) in [6.07, 6.45) is 72.3. The van der Waals surface area contributed by atoms with Gasteiger partial charge in [-0.1, -0.05) is 294 Å². The van der Waals surface area contributed by atoms with Crippen molar-refractivity contribution in [3.05, 3.63) is 107 Å². The van der Waals surface area contributed by atoms with Crippen LogP contribution in [0.1, 0.15) is 377 Å². The average Bonchev–Trinajstić information content (AvgIpc) is 0.804. The topological polar surface area (TPSA) is 220 Å². The average molecular weight is 1420 g/mol. The Morgan fingerprint density at radius 2 is 0.474 bits per heavy atom. The second-order valence-corrected chi connectivity index (χ2v) is 28.3. The Morgan fingerprint density at radius 3 is 0.670 bits per heavy atom. The zero-order chi connectivity index (χ0) is 70.3. The van der Waals surface area contributed by atoms with Crippen LogP contribution in [0.5, 0.6) is 0 Å². The first-order chi connectivity index (χ1) is 46.6. The molecule has 548 valence electrons. The summed E-state index contributed by atoms with van der Waals surface area (Å²) in [6.45, 7) is 9.12.